The number of aromatic nitrogens is 3. The first-order valence-electron chi connectivity index (χ1n) is 10.3. The lowest BCUT2D eigenvalue weighted by molar-refractivity contribution is 0.171. The fourth-order valence-electron chi connectivity index (χ4n) is 3.02. The number of methoxy groups -OCH3 is 1. The number of ether oxygens (including phenoxy) is 2. The van der Waals surface area contributed by atoms with Crippen molar-refractivity contribution < 1.29 is 9.47 Å². The third-order valence-corrected chi connectivity index (χ3v) is 4.72. The van der Waals surface area contributed by atoms with Gasteiger partial charge in [-0.2, -0.15) is 5.10 Å². The van der Waals surface area contributed by atoms with Gasteiger partial charge in [-0.05, 0) is 36.2 Å². The predicted octanol–water partition coefficient (Wildman–Crippen LogP) is 3.47. The molecule has 0 amide bonds. The Kier molecular flexibility index (Phi) is 10.9. The van der Waals surface area contributed by atoms with Gasteiger partial charge in [0.15, 0.2) is 5.96 Å². The molecular weight excluding hydrogens is 519 g/mol. The maximum Gasteiger partial charge on any atom is 0.191 e. The fourth-order valence-corrected chi connectivity index (χ4v) is 3.02. The highest BCUT2D eigenvalue weighted by molar-refractivity contribution is 14.0. The Morgan fingerprint density at radius 1 is 1.06 bits per heavy atom. The number of rotatable bonds is 10. The molecule has 172 valence electrons. The number of hydrogen-bond donors (Lipinski definition) is 2. The summed E-state index contributed by atoms with van der Waals surface area (Å²) in [6, 6.07) is 14.4. The van der Waals surface area contributed by atoms with Crippen LogP contribution in [0.5, 0.6) is 5.75 Å². The van der Waals surface area contributed by atoms with E-state index in [0.717, 1.165) is 34.9 Å². The van der Waals surface area contributed by atoms with Crippen LogP contribution in [-0.4, -0.2) is 48.1 Å². The topological polar surface area (TPSA) is 85.6 Å². The SMILES string of the molecule is CN=C(NCc1ccc(-n2cncn2)cc1)NCc1ccc(C)cc1OCCCOC.I. The van der Waals surface area contributed by atoms with Crippen LogP contribution >= 0.6 is 24.0 Å². The molecule has 0 aliphatic carbocycles. The van der Waals surface area contributed by atoms with Crippen molar-refractivity contribution >= 4 is 29.9 Å². The number of hydrogen-bond acceptors (Lipinski definition) is 5. The van der Waals surface area contributed by atoms with Gasteiger partial charge >= 0.3 is 0 Å². The quantitative estimate of drug-likeness (QED) is 0.174. The monoisotopic (exact) mass is 550 g/mol. The number of guanidine groups is 1. The molecule has 0 radical (unpaired) electrons. The van der Waals surface area contributed by atoms with Crippen molar-refractivity contribution in [1.29, 1.82) is 0 Å². The van der Waals surface area contributed by atoms with E-state index in [1.165, 1.54) is 11.9 Å². The predicted molar refractivity (Wildman–Crippen MR) is 137 cm³/mol. The van der Waals surface area contributed by atoms with Crippen LogP contribution in [0.2, 0.25) is 0 Å². The third-order valence-electron chi connectivity index (χ3n) is 4.72. The maximum absolute atomic E-state index is 5.97. The molecule has 8 nitrogen and oxygen atoms in total. The lowest BCUT2D eigenvalue weighted by Crippen LogP contribution is -2.36. The zero-order valence-corrected chi connectivity index (χ0v) is 21.1. The van der Waals surface area contributed by atoms with E-state index in [-0.39, 0.29) is 24.0 Å². The zero-order chi connectivity index (χ0) is 21.9. The summed E-state index contributed by atoms with van der Waals surface area (Å²) in [5.41, 5.74) is 4.37. The van der Waals surface area contributed by atoms with Gasteiger partial charge < -0.3 is 20.1 Å². The van der Waals surface area contributed by atoms with Gasteiger partial charge in [0.25, 0.3) is 0 Å². The second kappa shape index (κ2) is 13.7. The Hall–Kier alpha value is -2.66. The summed E-state index contributed by atoms with van der Waals surface area (Å²) >= 11 is 0. The van der Waals surface area contributed by atoms with Gasteiger partial charge in [0.1, 0.15) is 18.4 Å². The molecule has 0 bridgehead atoms. The molecule has 0 atom stereocenters. The summed E-state index contributed by atoms with van der Waals surface area (Å²) in [4.78, 5) is 8.30. The largest absolute Gasteiger partial charge is 0.493 e. The summed E-state index contributed by atoms with van der Waals surface area (Å²) in [6.07, 6.45) is 4.06. The van der Waals surface area contributed by atoms with E-state index in [2.05, 4.69) is 63.0 Å². The average molecular weight is 550 g/mol. The molecule has 32 heavy (non-hydrogen) atoms. The van der Waals surface area contributed by atoms with E-state index in [1.54, 1.807) is 25.2 Å². The molecule has 3 rings (SSSR count). The Bertz CT molecular complexity index is 961. The summed E-state index contributed by atoms with van der Waals surface area (Å²) in [6.45, 7) is 4.65. The van der Waals surface area contributed by atoms with Gasteiger partial charge in [-0.3, -0.25) is 4.99 Å². The van der Waals surface area contributed by atoms with E-state index in [0.29, 0.717) is 26.3 Å². The second-order valence-electron chi connectivity index (χ2n) is 7.09. The third kappa shape index (κ3) is 7.79. The van der Waals surface area contributed by atoms with Gasteiger partial charge in [-0.1, -0.05) is 24.3 Å². The first kappa shape index (κ1) is 25.6. The lowest BCUT2D eigenvalue weighted by atomic mass is 10.1. The molecule has 0 saturated heterocycles. The number of aryl methyl sites for hydroxylation is 1. The van der Waals surface area contributed by atoms with Crippen LogP contribution in [0.1, 0.15) is 23.1 Å². The highest BCUT2D eigenvalue weighted by atomic mass is 127. The Morgan fingerprint density at radius 3 is 2.53 bits per heavy atom. The van der Waals surface area contributed by atoms with Crippen LogP contribution in [0.3, 0.4) is 0 Å². The minimum Gasteiger partial charge on any atom is -0.493 e. The van der Waals surface area contributed by atoms with Gasteiger partial charge in [-0.15, -0.1) is 24.0 Å². The van der Waals surface area contributed by atoms with Crippen LogP contribution < -0.4 is 15.4 Å². The number of nitrogens with zero attached hydrogens (tertiary/aromatic N) is 4. The van der Waals surface area contributed by atoms with Gasteiger partial charge in [0, 0.05) is 45.8 Å². The molecule has 9 heteroatoms. The molecule has 2 N–H and O–H groups in total. The standard InChI is InChI=1S/C23H30N6O2.HI/c1-18-5-8-20(22(13-18)31-12-4-11-30-3)15-27-23(24-2)26-14-19-6-9-21(10-7-19)29-17-25-16-28-29;/h5-10,13,16-17H,4,11-12,14-15H2,1-3H3,(H2,24,26,27);1H. The Balaban J connectivity index is 0.00000363. The molecule has 3 aromatic rings. The van der Waals surface area contributed by atoms with E-state index >= 15 is 0 Å². The molecule has 1 heterocycles. The second-order valence-corrected chi connectivity index (χ2v) is 7.09. The number of nitrogens with one attached hydrogen (secondary N) is 2. The zero-order valence-electron chi connectivity index (χ0n) is 18.7. The van der Waals surface area contributed by atoms with Gasteiger partial charge in [0.05, 0.1) is 12.3 Å². The molecular formula is C23H31IN6O2. The number of benzene rings is 2. The van der Waals surface area contributed by atoms with Gasteiger partial charge in [0.2, 0.25) is 0 Å². The van der Waals surface area contributed by atoms with Crippen LogP contribution in [0, 0.1) is 6.92 Å². The smallest absolute Gasteiger partial charge is 0.191 e. The molecule has 0 saturated carbocycles. The highest BCUT2D eigenvalue weighted by Gasteiger charge is 2.06. The van der Waals surface area contributed by atoms with Gasteiger partial charge in [-0.25, -0.2) is 9.67 Å². The van der Waals surface area contributed by atoms with Crippen molar-refractivity contribution in [1.82, 2.24) is 25.4 Å². The van der Waals surface area contributed by atoms with Crippen LogP contribution in [0.25, 0.3) is 5.69 Å². The van der Waals surface area contributed by atoms with Crippen molar-refractivity contribution in [2.75, 3.05) is 27.4 Å². The van der Waals surface area contributed by atoms with E-state index in [4.69, 9.17) is 9.47 Å². The molecule has 2 aromatic carbocycles. The normalized spacial score (nSPS) is 11.0. The fraction of sp³-hybridized carbons (Fsp3) is 0.348. The summed E-state index contributed by atoms with van der Waals surface area (Å²) in [5.74, 6) is 1.62. The number of halogens is 1. The van der Waals surface area contributed by atoms with Crippen molar-refractivity contribution in [2.24, 2.45) is 4.99 Å². The molecule has 1 aromatic heterocycles. The first-order chi connectivity index (χ1) is 15.2. The van der Waals surface area contributed by atoms with Crippen molar-refractivity contribution in [3.8, 4) is 11.4 Å². The summed E-state index contributed by atoms with van der Waals surface area (Å²) < 4.78 is 12.8. The minimum absolute atomic E-state index is 0. The Morgan fingerprint density at radius 2 is 1.84 bits per heavy atom. The van der Waals surface area contributed by atoms with Crippen molar-refractivity contribution in [3.63, 3.8) is 0 Å². The highest BCUT2D eigenvalue weighted by Crippen LogP contribution is 2.20. The molecule has 0 aliphatic heterocycles. The summed E-state index contributed by atoms with van der Waals surface area (Å²) in [5, 5.41) is 10.9. The molecule has 0 fully saturated rings. The van der Waals surface area contributed by atoms with Crippen molar-refractivity contribution in [2.45, 2.75) is 26.4 Å². The van der Waals surface area contributed by atoms with Crippen molar-refractivity contribution in [3.05, 3.63) is 71.8 Å². The van der Waals surface area contributed by atoms with E-state index in [9.17, 15) is 0 Å². The van der Waals surface area contributed by atoms with E-state index in [1.807, 2.05) is 12.1 Å². The lowest BCUT2D eigenvalue weighted by Gasteiger charge is -2.15. The van der Waals surface area contributed by atoms with Crippen LogP contribution in [0.15, 0.2) is 60.1 Å². The molecule has 0 aliphatic rings. The maximum atomic E-state index is 5.97. The molecule has 0 spiro atoms. The average Bonchev–Trinajstić information content (AvgIpc) is 3.33. The van der Waals surface area contributed by atoms with E-state index < -0.39 is 0 Å². The first-order valence-corrected chi connectivity index (χ1v) is 10.3. The Labute approximate surface area is 206 Å². The molecule has 0 unspecified atom stereocenters. The summed E-state index contributed by atoms with van der Waals surface area (Å²) in [7, 11) is 3.46. The minimum atomic E-state index is 0. The number of aliphatic imine (C=N–C) groups is 1. The van der Waals surface area contributed by atoms with Crippen LogP contribution in [-0.2, 0) is 17.8 Å². The van der Waals surface area contributed by atoms with Crippen LogP contribution in [0.4, 0.5) is 0 Å².